The monoisotopic (exact) mass is 206 g/mol. The van der Waals surface area contributed by atoms with E-state index in [-0.39, 0.29) is 6.03 Å². The second-order valence-electron chi connectivity index (χ2n) is 4.09. The summed E-state index contributed by atoms with van der Waals surface area (Å²) in [4.78, 5) is 11.4. The third kappa shape index (κ3) is 4.49. The molecule has 0 aliphatic rings. The highest BCUT2D eigenvalue weighted by atomic mass is 16.2. The van der Waals surface area contributed by atoms with Gasteiger partial charge in [-0.3, -0.25) is 0 Å². The Morgan fingerprint density at radius 2 is 1.87 bits per heavy atom. The lowest BCUT2D eigenvalue weighted by Gasteiger charge is -2.09. The third-order valence-corrected chi connectivity index (χ3v) is 1.98. The summed E-state index contributed by atoms with van der Waals surface area (Å²) in [6.45, 7) is 6.83. The first kappa shape index (κ1) is 11.6. The molecule has 0 aromatic heterocycles. The van der Waals surface area contributed by atoms with E-state index in [0.29, 0.717) is 12.5 Å². The molecule has 0 bridgehead atoms. The quantitative estimate of drug-likeness (QED) is 0.784. The summed E-state index contributed by atoms with van der Waals surface area (Å²) in [7, 11) is 0. The average molecular weight is 206 g/mol. The fourth-order valence-corrected chi connectivity index (χ4v) is 1.11. The van der Waals surface area contributed by atoms with Gasteiger partial charge >= 0.3 is 6.03 Å². The molecule has 0 atom stereocenters. The molecular formula is C12H18N2O. The Morgan fingerprint density at radius 3 is 2.40 bits per heavy atom. The van der Waals surface area contributed by atoms with Crippen LogP contribution in [0, 0.1) is 12.8 Å². The first-order valence-electron chi connectivity index (χ1n) is 5.19. The van der Waals surface area contributed by atoms with E-state index in [1.54, 1.807) is 0 Å². The summed E-state index contributed by atoms with van der Waals surface area (Å²) >= 11 is 0. The van der Waals surface area contributed by atoms with Crippen molar-refractivity contribution in [1.29, 1.82) is 0 Å². The van der Waals surface area contributed by atoms with Crippen molar-refractivity contribution >= 4 is 11.7 Å². The Balaban J connectivity index is 2.41. The van der Waals surface area contributed by atoms with E-state index < -0.39 is 0 Å². The molecular weight excluding hydrogens is 188 g/mol. The minimum absolute atomic E-state index is 0.146. The van der Waals surface area contributed by atoms with E-state index in [1.165, 1.54) is 5.56 Å². The minimum atomic E-state index is -0.146. The number of hydrogen-bond acceptors (Lipinski definition) is 1. The number of nitrogens with one attached hydrogen (secondary N) is 2. The Kier molecular flexibility index (Phi) is 4.16. The van der Waals surface area contributed by atoms with Gasteiger partial charge in [0.25, 0.3) is 0 Å². The van der Waals surface area contributed by atoms with Crippen LogP contribution in [0.25, 0.3) is 0 Å². The lowest BCUT2D eigenvalue weighted by molar-refractivity contribution is 0.251. The SMILES string of the molecule is Cc1ccc(NC(=O)NCC(C)C)cc1. The number of carbonyl (C=O) groups is 1. The number of rotatable bonds is 3. The number of urea groups is 1. The summed E-state index contributed by atoms with van der Waals surface area (Å²) in [6, 6.07) is 7.58. The van der Waals surface area contributed by atoms with Gasteiger partial charge in [0.2, 0.25) is 0 Å². The van der Waals surface area contributed by atoms with Crippen LogP contribution in [0.5, 0.6) is 0 Å². The highest BCUT2D eigenvalue weighted by Crippen LogP contribution is 2.07. The molecule has 0 radical (unpaired) electrons. The molecule has 0 aliphatic heterocycles. The first-order valence-corrected chi connectivity index (χ1v) is 5.19. The maximum atomic E-state index is 11.4. The maximum absolute atomic E-state index is 11.4. The van der Waals surface area contributed by atoms with Gasteiger partial charge in [-0.2, -0.15) is 0 Å². The molecule has 82 valence electrons. The Hall–Kier alpha value is -1.51. The van der Waals surface area contributed by atoms with E-state index >= 15 is 0 Å². The highest BCUT2D eigenvalue weighted by Gasteiger charge is 2.01. The molecule has 3 nitrogen and oxygen atoms in total. The molecule has 2 amide bonds. The summed E-state index contributed by atoms with van der Waals surface area (Å²) < 4.78 is 0. The van der Waals surface area contributed by atoms with Gasteiger partial charge in [-0.1, -0.05) is 31.5 Å². The van der Waals surface area contributed by atoms with Gasteiger partial charge < -0.3 is 10.6 Å². The molecule has 0 saturated carbocycles. The summed E-state index contributed by atoms with van der Waals surface area (Å²) in [6.07, 6.45) is 0. The fourth-order valence-electron chi connectivity index (χ4n) is 1.11. The number of hydrogen-bond donors (Lipinski definition) is 2. The Bertz CT molecular complexity index is 317. The van der Waals surface area contributed by atoms with Crippen LogP contribution in [0.1, 0.15) is 19.4 Å². The zero-order valence-electron chi connectivity index (χ0n) is 9.50. The van der Waals surface area contributed by atoms with Gasteiger partial charge in [0.05, 0.1) is 0 Å². The molecule has 1 aromatic carbocycles. The highest BCUT2D eigenvalue weighted by molar-refractivity contribution is 5.89. The van der Waals surface area contributed by atoms with Crippen molar-refractivity contribution in [1.82, 2.24) is 5.32 Å². The lowest BCUT2D eigenvalue weighted by Crippen LogP contribution is -2.31. The summed E-state index contributed by atoms with van der Waals surface area (Å²) in [5, 5.41) is 5.57. The molecule has 15 heavy (non-hydrogen) atoms. The molecule has 2 N–H and O–H groups in total. The molecule has 0 aliphatic carbocycles. The van der Waals surface area contributed by atoms with Crippen LogP contribution in [0.3, 0.4) is 0 Å². The predicted octanol–water partition coefficient (Wildman–Crippen LogP) is 2.77. The van der Waals surface area contributed by atoms with Gasteiger partial charge in [0.15, 0.2) is 0 Å². The summed E-state index contributed by atoms with van der Waals surface area (Å²) in [5.74, 6) is 0.466. The van der Waals surface area contributed by atoms with Crippen LogP contribution >= 0.6 is 0 Å². The van der Waals surface area contributed by atoms with Crippen molar-refractivity contribution in [3.63, 3.8) is 0 Å². The zero-order chi connectivity index (χ0) is 11.3. The van der Waals surface area contributed by atoms with Crippen molar-refractivity contribution in [2.24, 2.45) is 5.92 Å². The van der Waals surface area contributed by atoms with Gasteiger partial charge in [-0.25, -0.2) is 4.79 Å². The van der Waals surface area contributed by atoms with Crippen LogP contribution < -0.4 is 10.6 Å². The van der Waals surface area contributed by atoms with E-state index in [2.05, 4.69) is 24.5 Å². The van der Waals surface area contributed by atoms with Crippen LogP contribution in [-0.4, -0.2) is 12.6 Å². The van der Waals surface area contributed by atoms with Crippen molar-refractivity contribution in [3.05, 3.63) is 29.8 Å². The molecule has 1 aromatic rings. The van der Waals surface area contributed by atoms with Crippen molar-refractivity contribution in [3.8, 4) is 0 Å². The summed E-state index contributed by atoms with van der Waals surface area (Å²) in [5.41, 5.74) is 2.00. The van der Waals surface area contributed by atoms with Crippen LogP contribution in [-0.2, 0) is 0 Å². The van der Waals surface area contributed by atoms with E-state index in [9.17, 15) is 4.79 Å². The minimum Gasteiger partial charge on any atom is -0.338 e. The molecule has 1 rings (SSSR count). The molecule has 3 heteroatoms. The van der Waals surface area contributed by atoms with E-state index in [4.69, 9.17) is 0 Å². The lowest BCUT2D eigenvalue weighted by atomic mass is 10.2. The van der Waals surface area contributed by atoms with Crippen molar-refractivity contribution < 1.29 is 4.79 Å². The van der Waals surface area contributed by atoms with Crippen molar-refractivity contribution in [2.75, 3.05) is 11.9 Å². The van der Waals surface area contributed by atoms with Gasteiger partial charge in [-0.15, -0.1) is 0 Å². The van der Waals surface area contributed by atoms with Crippen LogP contribution in [0.2, 0.25) is 0 Å². The van der Waals surface area contributed by atoms with Gasteiger partial charge in [0.1, 0.15) is 0 Å². The second-order valence-corrected chi connectivity index (χ2v) is 4.09. The Morgan fingerprint density at radius 1 is 1.27 bits per heavy atom. The van der Waals surface area contributed by atoms with Crippen LogP contribution in [0.15, 0.2) is 24.3 Å². The standard InChI is InChI=1S/C12H18N2O/c1-9(2)8-13-12(15)14-11-6-4-10(3)5-7-11/h4-7,9H,8H2,1-3H3,(H2,13,14,15). The second kappa shape index (κ2) is 5.39. The number of benzene rings is 1. The van der Waals surface area contributed by atoms with Crippen LogP contribution in [0.4, 0.5) is 10.5 Å². The zero-order valence-corrected chi connectivity index (χ0v) is 9.50. The molecule has 0 fully saturated rings. The Labute approximate surface area is 90.9 Å². The number of amides is 2. The fraction of sp³-hybridized carbons (Fsp3) is 0.417. The van der Waals surface area contributed by atoms with Gasteiger partial charge in [0, 0.05) is 12.2 Å². The van der Waals surface area contributed by atoms with E-state index in [1.807, 2.05) is 31.2 Å². The first-order chi connectivity index (χ1) is 7.08. The molecule has 0 unspecified atom stereocenters. The number of aryl methyl sites for hydroxylation is 1. The number of anilines is 1. The predicted molar refractivity (Wildman–Crippen MR) is 63.0 cm³/mol. The third-order valence-electron chi connectivity index (χ3n) is 1.98. The molecule has 0 spiro atoms. The normalized spacial score (nSPS) is 10.1. The molecule has 0 saturated heterocycles. The van der Waals surface area contributed by atoms with E-state index in [0.717, 1.165) is 5.69 Å². The smallest absolute Gasteiger partial charge is 0.319 e. The average Bonchev–Trinajstić information content (AvgIpc) is 2.19. The maximum Gasteiger partial charge on any atom is 0.319 e. The van der Waals surface area contributed by atoms with Gasteiger partial charge in [-0.05, 0) is 25.0 Å². The number of carbonyl (C=O) groups excluding carboxylic acids is 1. The largest absolute Gasteiger partial charge is 0.338 e. The molecule has 0 heterocycles. The van der Waals surface area contributed by atoms with Crippen molar-refractivity contribution in [2.45, 2.75) is 20.8 Å². The topological polar surface area (TPSA) is 41.1 Å².